The maximum atomic E-state index is 12.3. The number of amides is 2. The molecule has 1 aliphatic heterocycles. The van der Waals surface area contributed by atoms with Gasteiger partial charge in [0.15, 0.2) is 0 Å². The molecule has 0 saturated carbocycles. The third-order valence-electron chi connectivity index (χ3n) is 3.86. The van der Waals surface area contributed by atoms with Gasteiger partial charge in [-0.05, 0) is 43.5 Å². The van der Waals surface area contributed by atoms with Crippen LogP contribution >= 0.6 is 0 Å². The normalized spacial score (nSPS) is 17.0. The Morgan fingerprint density at radius 1 is 1.30 bits per heavy atom. The van der Waals surface area contributed by atoms with E-state index in [-0.39, 0.29) is 12.0 Å². The Balaban J connectivity index is 1.90. The molecule has 126 valence electrons. The minimum absolute atomic E-state index is 0.280. The van der Waals surface area contributed by atoms with E-state index in [1.807, 2.05) is 12.1 Å². The molecule has 23 heavy (non-hydrogen) atoms. The summed E-state index contributed by atoms with van der Waals surface area (Å²) >= 11 is 0. The first-order valence-corrected chi connectivity index (χ1v) is 8.04. The van der Waals surface area contributed by atoms with Gasteiger partial charge in [-0.15, -0.1) is 0 Å². The Kier molecular flexibility index (Phi) is 6.26. The summed E-state index contributed by atoms with van der Waals surface area (Å²) in [6.45, 7) is 3.36. The summed E-state index contributed by atoms with van der Waals surface area (Å²) in [6, 6.07) is 6.47. The number of nitrogens with zero attached hydrogens (tertiary/aromatic N) is 1. The van der Waals surface area contributed by atoms with E-state index in [9.17, 15) is 9.59 Å². The van der Waals surface area contributed by atoms with Gasteiger partial charge in [0.1, 0.15) is 11.8 Å². The highest BCUT2D eigenvalue weighted by molar-refractivity contribution is 5.93. The summed E-state index contributed by atoms with van der Waals surface area (Å²) in [7, 11) is 1.34. The number of likely N-dealkylation sites (tertiary alicyclic amines) is 1. The van der Waals surface area contributed by atoms with Gasteiger partial charge in [0.05, 0.1) is 13.7 Å². The number of nitrogens with one attached hydrogen (secondary N) is 1. The van der Waals surface area contributed by atoms with Gasteiger partial charge in [-0.1, -0.05) is 13.3 Å². The molecule has 1 heterocycles. The predicted octanol–water partition coefficient (Wildman–Crippen LogP) is 3.03. The molecular formula is C17H24N2O4. The number of unbranched alkanes of at least 4 members (excludes halogenated alkanes) is 1. The van der Waals surface area contributed by atoms with Crippen LogP contribution in [0.15, 0.2) is 24.3 Å². The van der Waals surface area contributed by atoms with Crippen molar-refractivity contribution in [3.8, 4) is 5.75 Å². The molecule has 2 rings (SSSR count). The van der Waals surface area contributed by atoms with E-state index in [2.05, 4.69) is 12.2 Å². The number of hydrogen-bond acceptors (Lipinski definition) is 4. The maximum absolute atomic E-state index is 12.3. The lowest BCUT2D eigenvalue weighted by Gasteiger charge is -2.23. The van der Waals surface area contributed by atoms with Gasteiger partial charge < -0.3 is 19.7 Å². The number of carbonyl (C=O) groups excluding carboxylic acids is 2. The minimum atomic E-state index is -0.489. The van der Waals surface area contributed by atoms with E-state index < -0.39 is 6.04 Å². The van der Waals surface area contributed by atoms with E-state index in [1.54, 1.807) is 12.1 Å². The fourth-order valence-electron chi connectivity index (χ4n) is 2.55. The molecular weight excluding hydrogens is 296 g/mol. The molecule has 1 aromatic carbocycles. The van der Waals surface area contributed by atoms with Crippen LogP contribution in [0, 0.1) is 0 Å². The molecule has 6 nitrogen and oxygen atoms in total. The van der Waals surface area contributed by atoms with Crippen LogP contribution in [0.1, 0.15) is 32.6 Å². The number of esters is 1. The lowest BCUT2D eigenvalue weighted by molar-refractivity contribution is -0.144. The van der Waals surface area contributed by atoms with Crippen molar-refractivity contribution in [3.63, 3.8) is 0 Å². The van der Waals surface area contributed by atoms with Crippen LogP contribution in [0.5, 0.6) is 5.75 Å². The zero-order chi connectivity index (χ0) is 16.7. The van der Waals surface area contributed by atoms with Crippen LogP contribution in [-0.4, -0.2) is 43.2 Å². The van der Waals surface area contributed by atoms with Crippen molar-refractivity contribution in [3.05, 3.63) is 24.3 Å². The number of anilines is 1. The second-order valence-electron chi connectivity index (χ2n) is 5.53. The molecule has 0 aromatic heterocycles. The fraction of sp³-hybridized carbons (Fsp3) is 0.529. The van der Waals surface area contributed by atoms with E-state index in [4.69, 9.17) is 9.47 Å². The topological polar surface area (TPSA) is 67.9 Å². The highest BCUT2D eigenvalue weighted by Gasteiger charge is 2.34. The highest BCUT2D eigenvalue weighted by atomic mass is 16.5. The standard InChI is InChI=1S/C17H24N2O4/c1-3-4-12-23-14-9-7-13(8-10-14)18-17(21)19-11-5-6-15(19)16(20)22-2/h7-10,15H,3-6,11-12H2,1-2H3,(H,18,21). The first kappa shape index (κ1) is 17.1. The highest BCUT2D eigenvalue weighted by Crippen LogP contribution is 2.21. The molecule has 6 heteroatoms. The largest absolute Gasteiger partial charge is 0.494 e. The number of hydrogen-bond donors (Lipinski definition) is 1. The van der Waals surface area contributed by atoms with Crippen LogP contribution in [0.3, 0.4) is 0 Å². The van der Waals surface area contributed by atoms with Crippen LogP contribution in [0.2, 0.25) is 0 Å². The molecule has 0 radical (unpaired) electrons. The van der Waals surface area contributed by atoms with Crippen LogP contribution in [0.25, 0.3) is 0 Å². The van der Waals surface area contributed by atoms with Crippen molar-refractivity contribution in [1.82, 2.24) is 4.90 Å². The number of methoxy groups -OCH3 is 1. The minimum Gasteiger partial charge on any atom is -0.494 e. The van der Waals surface area contributed by atoms with E-state index >= 15 is 0 Å². The molecule has 1 unspecified atom stereocenters. The predicted molar refractivity (Wildman–Crippen MR) is 87.6 cm³/mol. The fourth-order valence-corrected chi connectivity index (χ4v) is 2.55. The Bertz CT molecular complexity index is 530. The van der Waals surface area contributed by atoms with E-state index in [1.165, 1.54) is 12.0 Å². The summed E-state index contributed by atoms with van der Waals surface area (Å²) in [5, 5.41) is 2.81. The second-order valence-corrected chi connectivity index (χ2v) is 5.53. The Morgan fingerprint density at radius 3 is 2.70 bits per heavy atom. The molecule has 0 spiro atoms. The Labute approximate surface area is 136 Å². The average Bonchev–Trinajstić information content (AvgIpc) is 3.06. The molecule has 1 saturated heterocycles. The van der Waals surface area contributed by atoms with E-state index in [0.717, 1.165) is 25.0 Å². The number of rotatable bonds is 6. The second kappa shape index (κ2) is 8.41. The third kappa shape index (κ3) is 4.61. The van der Waals surface area contributed by atoms with Gasteiger partial charge in [-0.25, -0.2) is 9.59 Å². The summed E-state index contributed by atoms with van der Waals surface area (Å²) < 4.78 is 10.3. The van der Waals surface area contributed by atoms with Crippen LogP contribution in [0.4, 0.5) is 10.5 Å². The molecule has 1 N–H and O–H groups in total. The smallest absolute Gasteiger partial charge is 0.328 e. The van der Waals surface area contributed by atoms with Crippen molar-refractivity contribution in [1.29, 1.82) is 0 Å². The molecule has 2 amide bonds. The SMILES string of the molecule is CCCCOc1ccc(NC(=O)N2CCCC2C(=O)OC)cc1. The lowest BCUT2D eigenvalue weighted by Crippen LogP contribution is -2.43. The molecule has 0 aliphatic carbocycles. The first-order chi connectivity index (χ1) is 11.2. The number of carbonyl (C=O) groups is 2. The average molecular weight is 320 g/mol. The number of urea groups is 1. The maximum Gasteiger partial charge on any atom is 0.328 e. The monoisotopic (exact) mass is 320 g/mol. The van der Waals surface area contributed by atoms with Crippen molar-refractivity contribution in [2.75, 3.05) is 25.6 Å². The summed E-state index contributed by atoms with van der Waals surface area (Å²) in [5.41, 5.74) is 0.674. The van der Waals surface area contributed by atoms with Crippen molar-refractivity contribution < 1.29 is 19.1 Å². The van der Waals surface area contributed by atoms with Gasteiger partial charge >= 0.3 is 12.0 Å². The van der Waals surface area contributed by atoms with Crippen LogP contribution in [-0.2, 0) is 9.53 Å². The summed E-state index contributed by atoms with van der Waals surface area (Å²) in [4.78, 5) is 25.5. The molecule has 1 atom stereocenters. The van der Waals surface area contributed by atoms with Crippen molar-refractivity contribution >= 4 is 17.7 Å². The van der Waals surface area contributed by atoms with Gasteiger partial charge in [0, 0.05) is 12.2 Å². The lowest BCUT2D eigenvalue weighted by atomic mass is 10.2. The molecule has 1 aromatic rings. The zero-order valence-electron chi connectivity index (χ0n) is 13.7. The Hall–Kier alpha value is -2.24. The van der Waals surface area contributed by atoms with E-state index in [0.29, 0.717) is 25.3 Å². The van der Waals surface area contributed by atoms with Crippen molar-refractivity contribution in [2.24, 2.45) is 0 Å². The molecule has 1 aliphatic rings. The van der Waals surface area contributed by atoms with Gasteiger partial charge in [-0.3, -0.25) is 0 Å². The Morgan fingerprint density at radius 2 is 2.04 bits per heavy atom. The number of benzene rings is 1. The van der Waals surface area contributed by atoms with Gasteiger partial charge in [0.25, 0.3) is 0 Å². The zero-order valence-corrected chi connectivity index (χ0v) is 13.7. The third-order valence-corrected chi connectivity index (χ3v) is 3.86. The van der Waals surface area contributed by atoms with Crippen molar-refractivity contribution in [2.45, 2.75) is 38.6 Å². The van der Waals surface area contributed by atoms with Crippen LogP contribution < -0.4 is 10.1 Å². The molecule has 1 fully saturated rings. The van der Waals surface area contributed by atoms with Gasteiger partial charge in [-0.2, -0.15) is 0 Å². The first-order valence-electron chi connectivity index (χ1n) is 8.04. The summed E-state index contributed by atoms with van der Waals surface area (Å²) in [6.07, 6.45) is 3.55. The summed E-state index contributed by atoms with van der Waals surface area (Å²) in [5.74, 6) is 0.419. The number of ether oxygens (including phenoxy) is 2. The quantitative estimate of drug-likeness (QED) is 0.646. The molecule has 0 bridgehead atoms. The van der Waals surface area contributed by atoms with Gasteiger partial charge in [0.2, 0.25) is 0 Å².